The fourth-order valence-corrected chi connectivity index (χ4v) is 1.66. The maximum absolute atomic E-state index is 13.4. The second kappa shape index (κ2) is 3.88. The van der Waals surface area contributed by atoms with Crippen molar-refractivity contribution >= 4 is 11.6 Å². The molecule has 2 rings (SSSR count). The van der Waals surface area contributed by atoms with Crippen molar-refractivity contribution in [3.63, 3.8) is 0 Å². The lowest BCUT2D eigenvalue weighted by Crippen LogP contribution is -2.12. The summed E-state index contributed by atoms with van der Waals surface area (Å²) in [5.41, 5.74) is 0.989. The number of hydrogen-bond acceptors (Lipinski definition) is 2. The first-order valence-corrected chi connectivity index (χ1v) is 4.96. The van der Waals surface area contributed by atoms with Crippen molar-refractivity contribution in [1.82, 2.24) is 0 Å². The van der Waals surface area contributed by atoms with Gasteiger partial charge in [-0.25, -0.2) is 4.39 Å². The zero-order valence-corrected chi connectivity index (χ0v) is 8.47. The molecule has 80 valence electrons. The molecule has 0 radical (unpaired) electrons. The molecule has 0 saturated carbocycles. The van der Waals surface area contributed by atoms with Gasteiger partial charge >= 0.3 is 0 Å². The van der Waals surface area contributed by atoms with Crippen LogP contribution in [-0.4, -0.2) is 12.5 Å². The van der Waals surface area contributed by atoms with Crippen molar-refractivity contribution < 1.29 is 13.9 Å². The molecule has 0 aromatic heterocycles. The van der Waals surface area contributed by atoms with E-state index in [1.54, 1.807) is 6.07 Å². The number of ether oxygens (including phenoxy) is 1. The molecular formula is C11H12FNO2. The number of anilines is 1. The zero-order chi connectivity index (χ0) is 10.8. The first kappa shape index (κ1) is 9.96. The van der Waals surface area contributed by atoms with E-state index < -0.39 is 0 Å². The summed E-state index contributed by atoms with van der Waals surface area (Å²) in [5, 5.41) is 2.68. The molecule has 1 aliphatic rings. The van der Waals surface area contributed by atoms with E-state index in [0.29, 0.717) is 36.4 Å². The fraction of sp³-hybridized carbons (Fsp3) is 0.364. The first-order valence-electron chi connectivity index (χ1n) is 4.96. The van der Waals surface area contributed by atoms with Crippen molar-refractivity contribution in [3.05, 3.63) is 23.5 Å². The normalized spacial score (nSPS) is 14.9. The summed E-state index contributed by atoms with van der Waals surface area (Å²) in [6.45, 7) is 2.18. The van der Waals surface area contributed by atoms with Gasteiger partial charge in [-0.1, -0.05) is 6.92 Å². The minimum atomic E-state index is -0.304. The van der Waals surface area contributed by atoms with Gasteiger partial charge in [0.05, 0.1) is 18.7 Å². The third-order valence-electron chi connectivity index (χ3n) is 2.42. The molecule has 0 bridgehead atoms. The molecule has 15 heavy (non-hydrogen) atoms. The maximum Gasteiger partial charge on any atom is 0.227 e. The van der Waals surface area contributed by atoms with Crippen LogP contribution in [0.5, 0.6) is 5.75 Å². The molecule has 0 aliphatic carbocycles. The van der Waals surface area contributed by atoms with Crippen LogP contribution in [-0.2, 0) is 11.2 Å². The molecule has 1 amide bonds. The standard InChI is InChI=1S/C11H12FNO2/c1-2-7-8(12)3-4-9-11(7)13-10(14)5-6-15-9/h3-4H,2,5-6H2,1H3,(H,13,14). The van der Waals surface area contributed by atoms with Gasteiger partial charge in [-0.2, -0.15) is 0 Å². The van der Waals surface area contributed by atoms with Crippen LogP contribution in [0.4, 0.5) is 10.1 Å². The van der Waals surface area contributed by atoms with Crippen molar-refractivity contribution in [2.45, 2.75) is 19.8 Å². The Morgan fingerprint density at radius 1 is 1.53 bits per heavy atom. The Labute approximate surface area is 87.2 Å². The third-order valence-corrected chi connectivity index (χ3v) is 2.42. The number of benzene rings is 1. The maximum atomic E-state index is 13.4. The Morgan fingerprint density at radius 3 is 3.07 bits per heavy atom. The van der Waals surface area contributed by atoms with E-state index in [2.05, 4.69) is 5.32 Å². The van der Waals surface area contributed by atoms with Crippen LogP contribution in [0.25, 0.3) is 0 Å². The van der Waals surface area contributed by atoms with Gasteiger partial charge in [0, 0.05) is 5.56 Å². The highest BCUT2D eigenvalue weighted by Crippen LogP contribution is 2.32. The molecule has 1 aromatic carbocycles. The van der Waals surface area contributed by atoms with Crippen LogP contribution >= 0.6 is 0 Å². The molecule has 1 aromatic rings. The third kappa shape index (κ3) is 1.79. The van der Waals surface area contributed by atoms with Crippen LogP contribution in [0.15, 0.2) is 12.1 Å². The average Bonchev–Trinajstić information content (AvgIpc) is 2.39. The molecule has 0 spiro atoms. The van der Waals surface area contributed by atoms with Crippen molar-refractivity contribution in [1.29, 1.82) is 0 Å². The Bertz CT molecular complexity index is 404. The lowest BCUT2D eigenvalue weighted by molar-refractivity contribution is -0.116. The molecule has 0 atom stereocenters. The van der Waals surface area contributed by atoms with E-state index in [4.69, 9.17) is 4.74 Å². The van der Waals surface area contributed by atoms with Gasteiger partial charge in [-0.3, -0.25) is 4.79 Å². The number of carbonyl (C=O) groups is 1. The number of hydrogen-bond donors (Lipinski definition) is 1. The smallest absolute Gasteiger partial charge is 0.227 e. The summed E-state index contributed by atoms with van der Waals surface area (Å²) in [6, 6.07) is 2.92. The number of halogens is 1. The summed E-state index contributed by atoms with van der Waals surface area (Å²) in [4.78, 5) is 11.3. The van der Waals surface area contributed by atoms with Gasteiger partial charge in [-0.15, -0.1) is 0 Å². The highest BCUT2D eigenvalue weighted by atomic mass is 19.1. The molecule has 0 fully saturated rings. The van der Waals surface area contributed by atoms with Gasteiger partial charge in [0.1, 0.15) is 11.6 Å². The first-order chi connectivity index (χ1) is 7.22. The quantitative estimate of drug-likeness (QED) is 0.769. The van der Waals surface area contributed by atoms with Gasteiger partial charge in [0.2, 0.25) is 5.91 Å². The fourth-order valence-electron chi connectivity index (χ4n) is 1.66. The number of nitrogens with one attached hydrogen (secondary N) is 1. The number of rotatable bonds is 1. The summed E-state index contributed by atoms with van der Waals surface area (Å²) < 4.78 is 18.8. The van der Waals surface area contributed by atoms with E-state index in [0.717, 1.165) is 0 Å². The van der Waals surface area contributed by atoms with Crippen molar-refractivity contribution in [2.75, 3.05) is 11.9 Å². The highest BCUT2D eigenvalue weighted by molar-refractivity contribution is 5.94. The molecular weight excluding hydrogens is 197 g/mol. The average molecular weight is 209 g/mol. The van der Waals surface area contributed by atoms with Crippen LogP contribution in [0.3, 0.4) is 0 Å². The second-order valence-electron chi connectivity index (χ2n) is 3.40. The minimum absolute atomic E-state index is 0.131. The lowest BCUT2D eigenvalue weighted by Gasteiger charge is -2.11. The molecule has 1 heterocycles. The van der Waals surface area contributed by atoms with Crippen LogP contribution < -0.4 is 10.1 Å². The van der Waals surface area contributed by atoms with E-state index in [1.165, 1.54) is 6.07 Å². The topological polar surface area (TPSA) is 38.3 Å². The summed E-state index contributed by atoms with van der Waals surface area (Å²) in [6.07, 6.45) is 0.831. The van der Waals surface area contributed by atoms with Crippen LogP contribution in [0, 0.1) is 5.82 Å². The summed E-state index contributed by atoms with van der Waals surface area (Å²) in [7, 11) is 0. The van der Waals surface area contributed by atoms with Gasteiger partial charge in [0.25, 0.3) is 0 Å². The van der Waals surface area contributed by atoms with E-state index >= 15 is 0 Å². The van der Waals surface area contributed by atoms with E-state index in [9.17, 15) is 9.18 Å². The predicted octanol–water partition coefficient (Wildman–Crippen LogP) is 2.11. The Hall–Kier alpha value is -1.58. The van der Waals surface area contributed by atoms with Gasteiger partial charge < -0.3 is 10.1 Å². The Kier molecular flexibility index (Phi) is 2.58. The largest absolute Gasteiger partial charge is 0.491 e. The molecule has 4 heteroatoms. The van der Waals surface area contributed by atoms with Gasteiger partial charge in [0.15, 0.2) is 0 Å². The molecule has 0 saturated heterocycles. The van der Waals surface area contributed by atoms with E-state index in [-0.39, 0.29) is 11.7 Å². The minimum Gasteiger partial charge on any atom is -0.491 e. The van der Waals surface area contributed by atoms with Crippen molar-refractivity contribution in [2.24, 2.45) is 0 Å². The molecule has 1 aliphatic heterocycles. The predicted molar refractivity (Wildman–Crippen MR) is 54.5 cm³/mol. The monoisotopic (exact) mass is 209 g/mol. The van der Waals surface area contributed by atoms with Gasteiger partial charge in [-0.05, 0) is 18.6 Å². The Balaban J connectivity index is 2.52. The molecule has 0 unspecified atom stereocenters. The number of carbonyl (C=O) groups excluding carboxylic acids is 1. The number of fused-ring (bicyclic) bond motifs is 1. The molecule has 3 nitrogen and oxygen atoms in total. The zero-order valence-electron chi connectivity index (χ0n) is 8.47. The van der Waals surface area contributed by atoms with Crippen LogP contribution in [0.1, 0.15) is 18.9 Å². The Morgan fingerprint density at radius 2 is 2.33 bits per heavy atom. The van der Waals surface area contributed by atoms with Crippen LogP contribution in [0.2, 0.25) is 0 Å². The number of amides is 1. The SMILES string of the molecule is CCc1c(F)ccc2c1NC(=O)CCO2. The highest BCUT2D eigenvalue weighted by Gasteiger charge is 2.18. The summed E-state index contributed by atoms with van der Waals surface area (Å²) in [5.74, 6) is 0.121. The summed E-state index contributed by atoms with van der Waals surface area (Å²) >= 11 is 0. The van der Waals surface area contributed by atoms with Crippen molar-refractivity contribution in [3.8, 4) is 5.75 Å². The lowest BCUT2D eigenvalue weighted by atomic mass is 10.1. The van der Waals surface area contributed by atoms with E-state index in [1.807, 2.05) is 6.92 Å². The molecule has 1 N–H and O–H groups in total. The second-order valence-corrected chi connectivity index (χ2v) is 3.40.